The van der Waals surface area contributed by atoms with Crippen molar-refractivity contribution in [2.24, 2.45) is 0 Å². The third-order valence-electron chi connectivity index (χ3n) is 3.48. The summed E-state index contributed by atoms with van der Waals surface area (Å²) in [6.45, 7) is 3.95. The van der Waals surface area contributed by atoms with Crippen molar-refractivity contribution in [2.75, 3.05) is 0 Å². The minimum atomic E-state index is -0.850. The van der Waals surface area contributed by atoms with Crippen molar-refractivity contribution in [1.82, 2.24) is 20.2 Å². The maximum atomic E-state index is 13.7. The molecule has 7 heteroatoms. The summed E-state index contributed by atoms with van der Waals surface area (Å²) < 4.78 is 28.6. The Morgan fingerprint density at radius 1 is 1.04 bits per heavy atom. The second-order valence-corrected chi connectivity index (χ2v) is 6.06. The maximum Gasteiger partial charge on any atom is 0.214 e. The fraction of sp³-hybridized carbons (Fsp3) is 0.188. The van der Waals surface area contributed by atoms with Gasteiger partial charge in [-0.05, 0) is 41.5 Å². The fourth-order valence-corrected chi connectivity index (χ4v) is 3.20. The molecule has 0 N–H and O–H groups in total. The molecule has 0 bridgehead atoms. The van der Waals surface area contributed by atoms with Crippen molar-refractivity contribution >= 4 is 11.8 Å². The first-order valence-electron chi connectivity index (χ1n) is 6.98. The molecule has 0 aliphatic heterocycles. The minimum absolute atomic E-state index is 0.245. The zero-order valence-electron chi connectivity index (χ0n) is 12.6. The normalized spacial score (nSPS) is 11.0. The predicted octanol–water partition coefficient (Wildman–Crippen LogP) is 3.85. The molecule has 0 aliphatic rings. The summed E-state index contributed by atoms with van der Waals surface area (Å²) in [6.07, 6.45) is 0. The molecule has 3 aromatic rings. The third-order valence-corrected chi connectivity index (χ3v) is 4.45. The van der Waals surface area contributed by atoms with Crippen LogP contribution in [0, 0.1) is 25.5 Å². The Morgan fingerprint density at radius 3 is 2.48 bits per heavy atom. The highest BCUT2D eigenvalue weighted by Crippen LogP contribution is 2.26. The van der Waals surface area contributed by atoms with Crippen molar-refractivity contribution < 1.29 is 8.78 Å². The zero-order chi connectivity index (χ0) is 16.4. The summed E-state index contributed by atoms with van der Waals surface area (Å²) in [7, 11) is 0. The Morgan fingerprint density at radius 2 is 1.74 bits per heavy atom. The molecule has 0 aliphatic carbocycles. The monoisotopic (exact) mass is 332 g/mol. The number of tetrazole rings is 1. The van der Waals surface area contributed by atoms with Gasteiger partial charge in [0.2, 0.25) is 5.16 Å². The van der Waals surface area contributed by atoms with Gasteiger partial charge in [0, 0.05) is 11.3 Å². The number of benzene rings is 2. The van der Waals surface area contributed by atoms with Gasteiger partial charge in [0.25, 0.3) is 0 Å². The van der Waals surface area contributed by atoms with Crippen LogP contribution in [0.15, 0.2) is 41.6 Å². The van der Waals surface area contributed by atoms with Crippen LogP contribution in [-0.4, -0.2) is 20.2 Å². The summed E-state index contributed by atoms with van der Waals surface area (Å²) in [5.41, 5.74) is 3.26. The van der Waals surface area contributed by atoms with Crippen molar-refractivity contribution in [3.05, 3.63) is 64.7 Å². The van der Waals surface area contributed by atoms with Crippen LogP contribution in [0.5, 0.6) is 0 Å². The van der Waals surface area contributed by atoms with Gasteiger partial charge < -0.3 is 0 Å². The Kier molecular flexibility index (Phi) is 4.38. The number of aromatic nitrogens is 4. The van der Waals surface area contributed by atoms with E-state index in [-0.39, 0.29) is 11.3 Å². The van der Waals surface area contributed by atoms with E-state index < -0.39 is 11.6 Å². The molecule has 0 atom stereocenters. The lowest BCUT2D eigenvalue weighted by atomic mass is 10.1. The van der Waals surface area contributed by atoms with E-state index in [4.69, 9.17) is 0 Å². The summed E-state index contributed by atoms with van der Waals surface area (Å²) in [6, 6.07) is 10.1. The molecule has 1 aromatic heterocycles. The zero-order valence-corrected chi connectivity index (χ0v) is 13.4. The predicted molar refractivity (Wildman–Crippen MR) is 84.5 cm³/mol. The van der Waals surface area contributed by atoms with Crippen LogP contribution in [-0.2, 0) is 5.75 Å². The van der Waals surface area contributed by atoms with Crippen molar-refractivity contribution in [2.45, 2.75) is 24.8 Å². The quantitative estimate of drug-likeness (QED) is 0.681. The topological polar surface area (TPSA) is 43.6 Å². The van der Waals surface area contributed by atoms with E-state index in [1.54, 1.807) is 10.7 Å². The minimum Gasteiger partial charge on any atom is -0.204 e. The molecule has 0 fully saturated rings. The average molecular weight is 332 g/mol. The molecule has 0 saturated carbocycles. The Balaban J connectivity index is 1.89. The van der Waals surface area contributed by atoms with Crippen LogP contribution in [0.4, 0.5) is 8.78 Å². The van der Waals surface area contributed by atoms with E-state index in [2.05, 4.69) is 15.5 Å². The van der Waals surface area contributed by atoms with E-state index in [1.165, 1.54) is 17.8 Å². The Labute approximate surface area is 136 Å². The molecule has 0 amide bonds. The molecule has 0 spiro atoms. The smallest absolute Gasteiger partial charge is 0.204 e. The van der Waals surface area contributed by atoms with E-state index in [0.717, 1.165) is 22.9 Å². The lowest BCUT2D eigenvalue weighted by Crippen LogP contribution is -2.04. The second kappa shape index (κ2) is 6.45. The molecule has 118 valence electrons. The van der Waals surface area contributed by atoms with E-state index >= 15 is 0 Å². The number of nitrogens with zero attached hydrogens (tertiary/aromatic N) is 4. The van der Waals surface area contributed by atoms with Crippen molar-refractivity contribution in [3.8, 4) is 5.69 Å². The summed E-state index contributed by atoms with van der Waals surface area (Å²) >= 11 is 1.26. The number of halogens is 2. The standard InChI is InChI=1S/C16H14F2N4S/c1-10-5-3-6-11(2)15(10)22-16(19-20-21-22)23-9-12-7-4-8-13(17)14(12)18/h3-8H,9H2,1-2H3. The van der Waals surface area contributed by atoms with E-state index in [1.807, 2.05) is 32.0 Å². The first kappa shape index (κ1) is 15.6. The van der Waals surface area contributed by atoms with Gasteiger partial charge in [-0.2, -0.15) is 4.68 Å². The SMILES string of the molecule is Cc1cccc(C)c1-n1nnnc1SCc1cccc(F)c1F. The highest BCUT2D eigenvalue weighted by atomic mass is 32.2. The van der Waals surface area contributed by atoms with Gasteiger partial charge in [0.1, 0.15) is 0 Å². The van der Waals surface area contributed by atoms with Gasteiger partial charge >= 0.3 is 0 Å². The second-order valence-electron chi connectivity index (χ2n) is 5.12. The fourth-order valence-electron chi connectivity index (χ4n) is 2.35. The molecule has 0 saturated heterocycles. The lowest BCUT2D eigenvalue weighted by Gasteiger charge is -2.10. The molecule has 3 rings (SSSR count). The van der Waals surface area contributed by atoms with Crippen LogP contribution < -0.4 is 0 Å². The molecule has 0 unspecified atom stereocenters. The van der Waals surface area contributed by atoms with Crippen molar-refractivity contribution in [3.63, 3.8) is 0 Å². The van der Waals surface area contributed by atoms with Crippen molar-refractivity contribution in [1.29, 1.82) is 0 Å². The number of hydrogen-bond acceptors (Lipinski definition) is 4. The highest BCUT2D eigenvalue weighted by Gasteiger charge is 2.15. The van der Waals surface area contributed by atoms with Crippen LogP contribution in [0.2, 0.25) is 0 Å². The van der Waals surface area contributed by atoms with Gasteiger partial charge in [-0.25, -0.2) is 8.78 Å². The third kappa shape index (κ3) is 3.10. The summed E-state index contributed by atoms with van der Waals surface area (Å²) in [5.74, 6) is -1.43. The van der Waals surface area contributed by atoms with E-state index in [0.29, 0.717) is 5.16 Å². The van der Waals surface area contributed by atoms with E-state index in [9.17, 15) is 8.78 Å². The largest absolute Gasteiger partial charge is 0.214 e. The highest BCUT2D eigenvalue weighted by molar-refractivity contribution is 7.98. The summed E-state index contributed by atoms with van der Waals surface area (Å²) in [4.78, 5) is 0. The number of rotatable bonds is 4. The van der Waals surface area contributed by atoms with Gasteiger partial charge in [-0.15, -0.1) is 5.10 Å². The van der Waals surface area contributed by atoms with Crippen LogP contribution in [0.3, 0.4) is 0 Å². The first-order valence-corrected chi connectivity index (χ1v) is 7.97. The summed E-state index contributed by atoms with van der Waals surface area (Å²) in [5, 5.41) is 12.3. The van der Waals surface area contributed by atoms with Gasteiger partial charge in [0.05, 0.1) is 5.69 Å². The first-order chi connectivity index (χ1) is 11.1. The molecule has 23 heavy (non-hydrogen) atoms. The number of thioether (sulfide) groups is 1. The molecule has 1 heterocycles. The molecule has 2 aromatic carbocycles. The Hall–Kier alpha value is -2.28. The number of aryl methyl sites for hydroxylation is 2. The lowest BCUT2D eigenvalue weighted by molar-refractivity contribution is 0.502. The van der Waals surface area contributed by atoms with Gasteiger partial charge in [-0.1, -0.05) is 42.1 Å². The maximum absolute atomic E-state index is 13.7. The number of hydrogen-bond donors (Lipinski definition) is 0. The number of para-hydroxylation sites is 1. The van der Waals surface area contributed by atoms with Crippen LogP contribution >= 0.6 is 11.8 Å². The molecule has 0 radical (unpaired) electrons. The molecular formula is C16H14F2N4S. The Bertz CT molecular complexity index is 828. The van der Waals surface area contributed by atoms with Crippen LogP contribution in [0.1, 0.15) is 16.7 Å². The molecule has 4 nitrogen and oxygen atoms in total. The van der Waals surface area contributed by atoms with Crippen LogP contribution in [0.25, 0.3) is 5.69 Å². The van der Waals surface area contributed by atoms with Gasteiger partial charge in [0.15, 0.2) is 11.6 Å². The van der Waals surface area contributed by atoms with Gasteiger partial charge in [-0.3, -0.25) is 0 Å². The molecular weight excluding hydrogens is 318 g/mol. The average Bonchev–Trinajstić information content (AvgIpc) is 2.97.